The second-order valence-corrected chi connectivity index (χ2v) is 5.08. The number of hydrogen-bond acceptors (Lipinski definition) is 7. The molecule has 19 heavy (non-hydrogen) atoms. The zero-order chi connectivity index (χ0) is 13.4. The van der Waals surface area contributed by atoms with Crippen LogP contribution in [0.25, 0.3) is 0 Å². The van der Waals surface area contributed by atoms with Gasteiger partial charge in [0.25, 0.3) is 0 Å². The van der Waals surface area contributed by atoms with E-state index in [2.05, 4.69) is 20.5 Å². The van der Waals surface area contributed by atoms with Crippen molar-refractivity contribution in [2.24, 2.45) is 0 Å². The molecule has 9 heteroatoms. The van der Waals surface area contributed by atoms with E-state index in [4.69, 9.17) is 10.8 Å². The molecule has 0 bridgehead atoms. The smallest absolute Gasteiger partial charge is 0.337 e. The summed E-state index contributed by atoms with van der Waals surface area (Å²) in [5.41, 5.74) is 5.96. The maximum Gasteiger partial charge on any atom is 0.337 e. The highest BCUT2D eigenvalue weighted by Gasteiger charge is 2.28. The van der Waals surface area contributed by atoms with Gasteiger partial charge in [-0.2, -0.15) is 0 Å². The number of pyridine rings is 1. The minimum Gasteiger partial charge on any atom is -0.478 e. The monoisotopic (exact) mass is 278 g/mol. The standard InChI is InChI=1S/C10H10N6O2S/c11-7-6(9(17)18)3-4-12-8(7)19-10-13-14-15-16(10)5-1-2-5/h3-5H,1-2,11H2,(H,17,18). The minimum absolute atomic E-state index is 0.0305. The molecule has 2 heterocycles. The van der Waals surface area contributed by atoms with E-state index in [0.29, 0.717) is 16.2 Å². The number of aromatic nitrogens is 5. The van der Waals surface area contributed by atoms with Crippen LogP contribution in [-0.4, -0.2) is 36.3 Å². The second-order valence-electron chi connectivity index (χ2n) is 4.12. The Morgan fingerprint density at radius 3 is 3.00 bits per heavy atom. The number of nitrogens with two attached hydrogens (primary N) is 1. The van der Waals surface area contributed by atoms with E-state index in [9.17, 15) is 4.79 Å². The van der Waals surface area contributed by atoms with Gasteiger partial charge < -0.3 is 10.8 Å². The van der Waals surface area contributed by atoms with E-state index < -0.39 is 5.97 Å². The minimum atomic E-state index is -1.08. The first-order valence-electron chi connectivity index (χ1n) is 5.60. The summed E-state index contributed by atoms with van der Waals surface area (Å²) in [5, 5.41) is 21.4. The fourth-order valence-electron chi connectivity index (χ4n) is 1.61. The molecule has 0 aliphatic heterocycles. The van der Waals surface area contributed by atoms with Gasteiger partial charge in [0, 0.05) is 6.20 Å². The van der Waals surface area contributed by atoms with E-state index in [1.54, 1.807) is 4.68 Å². The third-order valence-electron chi connectivity index (χ3n) is 2.73. The maximum absolute atomic E-state index is 11.0. The lowest BCUT2D eigenvalue weighted by atomic mass is 10.2. The Kier molecular flexibility index (Phi) is 2.82. The Hall–Kier alpha value is -2.16. The number of carbonyl (C=O) groups is 1. The number of carboxylic acid groups (broad SMARTS) is 1. The molecule has 2 aromatic rings. The highest BCUT2D eigenvalue weighted by molar-refractivity contribution is 7.99. The lowest BCUT2D eigenvalue weighted by molar-refractivity contribution is 0.0697. The second kappa shape index (κ2) is 4.50. The van der Waals surface area contributed by atoms with Crippen molar-refractivity contribution in [2.75, 3.05) is 5.73 Å². The molecule has 8 nitrogen and oxygen atoms in total. The summed E-state index contributed by atoms with van der Waals surface area (Å²) in [5.74, 6) is -1.08. The third kappa shape index (κ3) is 2.24. The molecule has 1 aliphatic rings. The fourth-order valence-corrected chi connectivity index (χ4v) is 2.47. The average Bonchev–Trinajstić information content (AvgIpc) is 3.12. The molecule has 1 fully saturated rings. The van der Waals surface area contributed by atoms with Gasteiger partial charge >= 0.3 is 5.97 Å². The zero-order valence-electron chi connectivity index (χ0n) is 9.72. The molecular formula is C10H10N6O2S. The summed E-state index contributed by atoms with van der Waals surface area (Å²) in [6, 6.07) is 1.70. The molecule has 98 valence electrons. The average molecular weight is 278 g/mol. The van der Waals surface area contributed by atoms with Crippen LogP contribution in [0.1, 0.15) is 29.2 Å². The maximum atomic E-state index is 11.0. The Balaban J connectivity index is 1.92. The molecule has 3 rings (SSSR count). The molecule has 0 saturated heterocycles. The summed E-state index contributed by atoms with van der Waals surface area (Å²) in [6.45, 7) is 0. The van der Waals surface area contributed by atoms with Gasteiger partial charge in [-0.25, -0.2) is 14.5 Å². The Morgan fingerprint density at radius 1 is 1.53 bits per heavy atom. The summed E-state index contributed by atoms with van der Waals surface area (Å²) in [6.07, 6.45) is 3.51. The van der Waals surface area contributed by atoms with Crippen molar-refractivity contribution in [1.29, 1.82) is 0 Å². The van der Waals surface area contributed by atoms with Crippen LogP contribution in [-0.2, 0) is 0 Å². The van der Waals surface area contributed by atoms with Crippen molar-refractivity contribution in [3.05, 3.63) is 17.8 Å². The van der Waals surface area contributed by atoms with Crippen molar-refractivity contribution < 1.29 is 9.90 Å². The number of nitrogen functional groups attached to an aromatic ring is 1. The van der Waals surface area contributed by atoms with Crippen LogP contribution in [0.4, 0.5) is 5.69 Å². The quantitative estimate of drug-likeness (QED) is 0.843. The van der Waals surface area contributed by atoms with Crippen molar-refractivity contribution in [2.45, 2.75) is 29.1 Å². The van der Waals surface area contributed by atoms with Crippen LogP contribution in [0.3, 0.4) is 0 Å². The largest absolute Gasteiger partial charge is 0.478 e. The molecular weight excluding hydrogens is 268 g/mol. The van der Waals surface area contributed by atoms with Crippen LogP contribution in [0, 0.1) is 0 Å². The van der Waals surface area contributed by atoms with Crippen LogP contribution in [0.2, 0.25) is 0 Å². The molecule has 1 saturated carbocycles. The number of aromatic carboxylic acids is 1. The van der Waals surface area contributed by atoms with E-state index in [-0.39, 0.29) is 11.3 Å². The molecule has 3 N–H and O–H groups in total. The number of nitrogens with zero attached hydrogens (tertiary/aromatic N) is 5. The zero-order valence-corrected chi connectivity index (χ0v) is 10.5. The van der Waals surface area contributed by atoms with Gasteiger partial charge in [0.15, 0.2) is 0 Å². The predicted octanol–water partition coefficient (Wildman–Crippen LogP) is 0.835. The van der Waals surface area contributed by atoms with Crippen molar-refractivity contribution in [1.82, 2.24) is 25.2 Å². The van der Waals surface area contributed by atoms with Gasteiger partial charge in [-0.15, -0.1) is 5.10 Å². The Morgan fingerprint density at radius 2 is 2.32 bits per heavy atom. The summed E-state index contributed by atoms with van der Waals surface area (Å²) in [7, 11) is 0. The number of rotatable bonds is 4. The molecule has 0 radical (unpaired) electrons. The number of hydrogen-bond donors (Lipinski definition) is 2. The van der Waals surface area contributed by atoms with Gasteiger partial charge in [0.05, 0.1) is 17.3 Å². The first-order chi connectivity index (χ1) is 9.16. The lowest BCUT2D eigenvalue weighted by Gasteiger charge is -2.06. The number of carboxylic acids is 1. The topological polar surface area (TPSA) is 120 Å². The van der Waals surface area contributed by atoms with E-state index in [1.807, 2.05) is 0 Å². The molecule has 0 unspecified atom stereocenters. The Labute approximate surface area is 112 Å². The Bertz CT molecular complexity index is 639. The summed E-state index contributed by atoms with van der Waals surface area (Å²) in [4.78, 5) is 15.1. The van der Waals surface area contributed by atoms with Gasteiger partial charge in [0.1, 0.15) is 5.03 Å². The van der Waals surface area contributed by atoms with Crippen LogP contribution in [0.15, 0.2) is 22.4 Å². The van der Waals surface area contributed by atoms with Crippen molar-refractivity contribution in [3.63, 3.8) is 0 Å². The van der Waals surface area contributed by atoms with E-state index in [1.165, 1.54) is 24.0 Å². The van der Waals surface area contributed by atoms with Crippen LogP contribution >= 0.6 is 11.8 Å². The van der Waals surface area contributed by atoms with Gasteiger partial charge in [0.2, 0.25) is 5.16 Å². The highest BCUT2D eigenvalue weighted by atomic mass is 32.2. The molecule has 0 spiro atoms. The predicted molar refractivity (Wildman–Crippen MR) is 65.8 cm³/mol. The van der Waals surface area contributed by atoms with E-state index in [0.717, 1.165) is 12.8 Å². The summed E-state index contributed by atoms with van der Waals surface area (Å²) >= 11 is 1.17. The lowest BCUT2D eigenvalue weighted by Crippen LogP contribution is -2.05. The van der Waals surface area contributed by atoms with Crippen LogP contribution < -0.4 is 5.73 Å². The third-order valence-corrected chi connectivity index (χ3v) is 3.70. The molecule has 2 aromatic heterocycles. The normalized spacial score (nSPS) is 14.5. The first kappa shape index (κ1) is 11.9. The van der Waals surface area contributed by atoms with Crippen molar-refractivity contribution >= 4 is 23.4 Å². The number of tetrazole rings is 1. The fraction of sp³-hybridized carbons (Fsp3) is 0.300. The summed E-state index contributed by atoms with van der Waals surface area (Å²) < 4.78 is 1.72. The van der Waals surface area contributed by atoms with Gasteiger partial charge in [-0.3, -0.25) is 0 Å². The number of anilines is 1. The SMILES string of the molecule is Nc1c(C(=O)O)ccnc1Sc1nnnn1C1CC1. The van der Waals surface area contributed by atoms with Gasteiger partial charge in [-0.1, -0.05) is 0 Å². The highest BCUT2D eigenvalue weighted by Crippen LogP contribution is 2.38. The van der Waals surface area contributed by atoms with E-state index >= 15 is 0 Å². The first-order valence-corrected chi connectivity index (χ1v) is 6.42. The van der Waals surface area contributed by atoms with Crippen molar-refractivity contribution in [3.8, 4) is 0 Å². The van der Waals surface area contributed by atoms with Gasteiger partial charge in [-0.05, 0) is 41.1 Å². The molecule has 0 atom stereocenters. The molecule has 1 aliphatic carbocycles. The van der Waals surface area contributed by atoms with Crippen LogP contribution in [0.5, 0.6) is 0 Å². The molecule has 0 amide bonds. The molecule has 0 aromatic carbocycles.